The van der Waals surface area contributed by atoms with Gasteiger partial charge in [0.25, 0.3) is 0 Å². The Morgan fingerprint density at radius 1 is 0.217 bits per heavy atom. The van der Waals surface area contributed by atoms with Crippen molar-refractivity contribution in [2.24, 2.45) is 0 Å². The lowest BCUT2D eigenvalue weighted by molar-refractivity contribution is 1.07. The molecular weight excluding hydrogens is 727 g/mol. The van der Waals surface area contributed by atoms with Crippen molar-refractivity contribution in [1.82, 2.24) is 15.0 Å². The van der Waals surface area contributed by atoms with Crippen molar-refractivity contribution in [2.75, 3.05) is 0 Å². The fourth-order valence-corrected chi connectivity index (χ4v) is 8.27. The molecule has 10 aromatic rings. The van der Waals surface area contributed by atoms with Crippen LogP contribution >= 0.6 is 0 Å². The van der Waals surface area contributed by atoms with E-state index in [-0.39, 0.29) is 0 Å². The summed E-state index contributed by atoms with van der Waals surface area (Å²) in [5.74, 6) is 1.87. The molecule has 0 fully saturated rings. The monoisotopic (exact) mass is 769 g/mol. The fraction of sp³-hybridized carbons (Fsp3) is 0.0702. The summed E-state index contributed by atoms with van der Waals surface area (Å²) in [6.45, 7) is 8.54. The zero-order chi connectivity index (χ0) is 40.7. The summed E-state index contributed by atoms with van der Waals surface area (Å²) >= 11 is 0. The van der Waals surface area contributed by atoms with E-state index in [4.69, 9.17) is 15.0 Å². The Bertz CT molecular complexity index is 3060. The Hall–Kier alpha value is -7.49. The Morgan fingerprint density at radius 3 is 0.967 bits per heavy atom. The summed E-state index contributed by atoms with van der Waals surface area (Å²) in [5, 5.41) is 4.87. The number of aromatic nitrogens is 3. The molecule has 0 unspecified atom stereocenters. The van der Waals surface area contributed by atoms with E-state index < -0.39 is 0 Å². The zero-order valence-corrected chi connectivity index (χ0v) is 34.2. The minimum atomic E-state index is 0.618. The third-order valence-corrected chi connectivity index (χ3v) is 11.4. The number of fused-ring (bicyclic) bond motifs is 2. The summed E-state index contributed by atoms with van der Waals surface area (Å²) in [7, 11) is 0. The van der Waals surface area contributed by atoms with Gasteiger partial charge in [0.1, 0.15) is 0 Å². The average molecular weight is 770 g/mol. The number of benzene rings is 9. The van der Waals surface area contributed by atoms with Gasteiger partial charge in [-0.2, -0.15) is 0 Å². The van der Waals surface area contributed by atoms with Crippen LogP contribution in [0.4, 0.5) is 0 Å². The maximum Gasteiger partial charge on any atom is 0.164 e. The molecule has 0 atom stereocenters. The van der Waals surface area contributed by atoms with Gasteiger partial charge < -0.3 is 0 Å². The molecule has 0 saturated carbocycles. The maximum absolute atomic E-state index is 5.31. The summed E-state index contributed by atoms with van der Waals surface area (Å²) < 4.78 is 0. The first kappa shape index (κ1) is 36.8. The molecule has 0 saturated heterocycles. The molecule has 3 nitrogen and oxygen atoms in total. The number of nitrogens with zero attached hydrogens (tertiary/aromatic N) is 3. The summed E-state index contributed by atoms with van der Waals surface area (Å²) in [6, 6.07) is 67.8. The van der Waals surface area contributed by atoms with E-state index in [9.17, 15) is 0 Å². The second kappa shape index (κ2) is 15.4. The molecule has 0 spiro atoms. The van der Waals surface area contributed by atoms with E-state index >= 15 is 0 Å². The molecule has 60 heavy (non-hydrogen) atoms. The SMILES string of the molecule is Cc1cccc(-c2cccc(-c3nc(-c4cccc(-c5cccc(C)c5)c4)nc(-c4cc(-c5ccc6cc(C)ccc6c5)cc(-c5ccc6cc(C)ccc6c5)c4)n3)c2)c1. The van der Waals surface area contributed by atoms with Crippen molar-refractivity contribution in [3.63, 3.8) is 0 Å². The number of hydrogen-bond acceptors (Lipinski definition) is 3. The second-order valence-corrected chi connectivity index (χ2v) is 16.1. The number of rotatable bonds is 7. The molecule has 1 heterocycles. The van der Waals surface area contributed by atoms with Crippen molar-refractivity contribution in [3.8, 4) is 78.7 Å². The normalized spacial score (nSPS) is 11.3. The molecular formula is C57H43N3. The Kier molecular flexibility index (Phi) is 9.42. The van der Waals surface area contributed by atoms with E-state index in [0.29, 0.717) is 17.5 Å². The maximum atomic E-state index is 5.31. The summed E-state index contributed by atoms with van der Waals surface area (Å²) in [4.78, 5) is 15.8. The third kappa shape index (κ3) is 7.50. The predicted molar refractivity (Wildman–Crippen MR) is 252 cm³/mol. The first-order chi connectivity index (χ1) is 29.3. The highest BCUT2D eigenvalue weighted by molar-refractivity contribution is 5.92. The van der Waals surface area contributed by atoms with E-state index in [1.807, 2.05) is 0 Å². The lowest BCUT2D eigenvalue weighted by Gasteiger charge is -2.14. The lowest BCUT2D eigenvalue weighted by atomic mass is 9.93. The van der Waals surface area contributed by atoms with Crippen LogP contribution < -0.4 is 0 Å². The molecule has 9 aromatic carbocycles. The van der Waals surface area contributed by atoms with Crippen LogP contribution in [0.3, 0.4) is 0 Å². The Balaban J connectivity index is 1.18. The highest BCUT2D eigenvalue weighted by Crippen LogP contribution is 2.37. The van der Waals surface area contributed by atoms with Gasteiger partial charge in [0.05, 0.1) is 0 Å². The standard InChI is InChI=1S/C57H43N3/c1-36-9-5-11-40(25-36)42-13-7-15-50(31-42)55-58-56(51-16-8-14-43(32-51)41-12-6-10-37(2)26-41)60-57(59-55)54-34-52(48-23-21-44-27-38(3)17-19-46(44)29-48)33-53(35-54)49-24-22-45-28-39(4)18-20-47(45)30-49/h5-35H,1-4H3. The molecule has 0 radical (unpaired) electrons. The molecule has 0 aliphatic rings. The largest absolute Gasteiger partial charge is 0.208 e. The van der Waals surface area contributed by atoms with E-state index in [1.54, 1.807) is 0 Å². The van der Waals surface area contributed by atoms with Crippen LogP contribution in [0.2, 0.25) is 0 Å². The molecule has 0 bridgehead atoms. The lowest BCUT2D eigenvalue weighted by Crippen LogP contribution is -2.01. The molecule has 286 valence electrons. The minimum Gasteiger partial charge on any atom is -0.208 e. The summed E-state index contributed by atoms with van der Waals surface area (Å²) in [5.41, 5.74) is 16.7. The van der Waals surface area contributed by atoms with Crippen molar-refractivity contribution in [3.05, 3.63) is 210 Å². The molecule has 0 N–H and O–H groups in total. The van der Waals surface area contributed by atoms with Gasteiger partial charge in [-0.1, -0.05) is 168 Å². The van der Waals surface area contributed by atoms with E-state index in [0.717, 1.165) is 61.2 Å². The molecule has 0 aliphatic heterocycles. The van der Waals surface area contributed by atoms with Gasteiger partial charge in [0.2, 0.25) is 0 Å². The highest BCUT2D eigenvalue weighted by Gasteiger charge is 2.17. The predicted octanol–water partition coefficient (Wildman–Crippen LogP) is 15.1. The first-order valence-electron chi connectivity index (χ1n) is 20.6. The minimum absolute atomic E-state index is 0.618. The number of aryl methyl sites for hydroxylation is 4. The van der Waals surface area contributed by atoms with Gasteiger partial charge in [0.15, 0.2) is 17.5 Å². The van der Waals surface area contributed by atoms with Gasteiger partial charge in [-0.25, -0.2) is 15.0 Å². The van der Waals surface area contributed by atoms with Crippen molar-refractivity contribution >= 4 is 21.5 Å². The molecule has 0 aliphatic carbocycles. The smallest absolute Gasteiger partial charge is 0.164 e. The van der Waals surface area contributed by atoms with Crippen LogP contribution in [0.5, 0.6) is 0 Å². The number of hydrogen-bond donors (Lipinski definition) is 0. The Labute approximate surface area is 351 Å². The quantitative estimate of drug-likeness (QED) is 0.162. The van der Waals surface area contributed by atoms with Crippen LogP contribution in [0.15, 0.2) is 188 Å². The van der Waals surface area contributed by atoms with Crippen molar-refractivity contribution in [2.45, 2.75) is 27.7 Å². The van der Waals surface area contributed by atoms with Gasteiger partial charge in [0, 0.05) is 16.7 Å². The second-order valence-electron chi connectivity index (χ2n) is 16.1. The van der Waals surface area contributed by atoms with Gasteiger partial charge >= 0.3 is 0 Å². The van der Waals surface area contributed by atoms with Gasteiger partial charge in [-0.05, 0) is 136 Å². The van der Waals surface area contributed by atoms with E-state index in [1.165, 1.54) is 43.8 Å². The molecule has 1 aromatic heterocycles. The van der Waals surface area contributed by atoms with E-state index in [2.05, 4.69) is 216 Å². The van der Waals surface area contributed by atoms with Crippen LogP contribution in [-0.2, 0) is 0 Å². The molecule has 0 amide bonds. The Morgan fingerprint density at radius 2 is 0.517 bits per heavy atom. The zero-order valence-electron chi connectivity index (χ0n) is 34.2. The highest BCUT2D eigenvalue weighted by atomic mass is 15.0. The van der Waals surface area contributed by atoms with Crippen LogP contribution in [0.1, 0.15) is 22.3 Å². The van der Waals surface area contributed by atoms with Gasteiger partial charge in [-0.15, -0.1) is 0 Å². The molecule has 10 rings (SSSR count). The average Bonchev–Trinajstić information content (AvgIpc) is 3.28. The van der Waals surface area contributed by atoms with Crippen molar-refractivity contribution in [1.29, 1.82) is 0 Å². The third-order valence-electron chi connectivity index (χ3n) is 11.4. The fourth-order valence-electron chi connectivity index (χ4n) is 8.27. The van der Waals surface area contributed by atoms with Gasteiger partial charge in [-0.3, -0.25) is 0 Å². The van der Waals surface area contributed by atoms with Crippen molar-refractivity contribution < 1.29 is 0 Å². The topological polar surface area (TPSA) is 38.7 Å². The molecule has 3 heteroatoms. The van der Waals surface area contributed by atoms with Crippen LogP contribution in [-0.4, -0.2) is 15.0 Å². The summed E-state index contributed by atoms with van der Waals surface area (Å²) in [6.07, 6.45) is 0. The van der Waals surface area contributed by atoms with Crippen LogP contribution in [0.25, 0.3) is 100 Å². The first-order valence-corrected chi connectivity index (χ1v) is 20.6. The van der Waals surface area contributed by atoms with Crippen LogP contribution in [0, 0.1) is 27.7 Å².